The normalized spacial score (nSPS) is 14.0. The maximum Gasteiger partial charge on any atom is 0.341 e. The number of hydrogen-bond donors (Lipinski definition) is 1. The third-order valence-electron chi connectivity index (χ3n) is 6.82. The third kappa shape index (κ3) is 7.57. The lowest BCUT2D eigenvalue weighted by Gasteiger charge is -2.24. The summed E-state index contributed by atoms with van der Waals surface area (Å²) in [6.45, 7) is 7.89. The predicted molar refractivity (Wildman–Crippen MR) is 158 cm³/mol. The van der Waals surface area contributed by atoms with Crippen molar-refractivity contribution in [3.8, 4) is 23.3 Å². The zero-order valence-corrected chi connectivity index (χ0v) is 23.3. The van der Waals surface area contributed by atoms with Crippen molar-refractivity contribution < 1.29 is 28.5 Å². The fourth-order valence-corrected chi connectivity index (χ4v) is 4.73. The number of carboxylic acid groups (broad SMARTS) is 1. The first-order valence-corrected chi connectivity index (χ1v) is 13.6. The van der Waals surface area contributed by atoms with Crippen LogP contribution in [0, 0.1) is 25.7 Å². The molecular weight excluding hydrogens is 518 g/mol. The Morgan fingerprint density at radius 3 is 2.51 bits per heavy atom. The number of morpholine rings is 1. The lowest BCUT2D eigenvalue weighted by Crippen LogP contribution is -2.36. The van der Waals surface area contributed by atoms with E-state index in [1.54, 1.807) is 12.1 Å². The smallest absolute Gasteiger partial charge is 0.341 e. The Kier molecular flexibility index (Phi) is 9.05. The Labute approximate surface area is 239 Å². The fraction of sp³-hybridized carbons (Fsp3) is 0.265. The Hall–Kier alpha value is -4.51. The van der Waals surface area contributed by atoms with Crippen molar-refractivity contribution in [3.63, 3.8) is 0 Å². The summed E-state index contributed by atoms with van der Waals surface area (Å²) >= 11 is 0. The molecule has 0 spiro atoms. The highest BCUT2D eigenvalue weighted by Crippen LogP contribution is 2.29. The first kappa shape index (κ1) is 28.0. The highest BCUT2D eigenvalue weighted by atomic mass is 16.5. The summed E-state index contributed by atoms with van der Waals surface area (Å²) in [6.07, 6.45) is 2.07. The predicted octanol–water partition coefficient (Wildman–Crippen LogP) is 5.71. The molecule has 1 aromatic heterocycles. The van der Waals surface area contributed by atoms with Crippen LogP contribution in [-0.2, 0) is 9.53 Å². The second-order valence-electron chi connectivity index (χ2n) is 9.92. The highest BCUT2D eigenvalue weighted by molar-refractivity contribution is 5.87. The van der Waals surface area contributed by atoms with Crippen LogP contribution in [0.5, 0.6) is 11.5 Å². The van der Waals surface area contributed by atoms with E-state index in [9.17, 15) is 4.79 Å². The van der Waals surface area contributed by atoms with E-state index in [0.29, 0.717) is 18.1 Å². The topological polar surface area (TPSA) is 81.4 Å². The molecule has 1 aliphatic rings. The van der Waals surface area contributed by atoms with Crippen LogP contribution in [0.3, 0.4) is 0 Å². The molecule has 2 heterocycles. The van der Waals surface area contributed by atoms with Gasteiger partial charge in [0.05, 0.1) is 19.8 Å². The van der Waals surface area contributed by atoms with Crippen LogP contribution in [-0.4, -0.2) is 62.0 Å². The van der Waals surface area contributed by atoms with Gasteiger partial charge >= 0.3 is 5.97 Å². The van der Waals surface area contributed by atoms with Crippen molar-refractivity contribution in [2.75, 3.05) is 46.1 Å². The van der Waals surface area contributed by atoms with E-state index >= 15 is 0 Å². The minimum absolute atomic E-state index is 0.341. The van der Waals surface area contributed by atoms with Gasteiger partial charge in [0, 0.05) is 24.0 Å². The maximum atomic E-state index is 10.8. The molecule has 1 aliphatic heterocycles. The molecule has 210 valence electrons. The van der Waals surface area contributed by atoms with Gasteiger partial charge < -0.3 is 23.7 Å². The van der Waals surface area contributed by atoms with Crippen molar-refractivity contribution >= 4 is 22.5 Å². The number of ether oxygens (including phenoxy) is 3. The number of carbonyl (C=O) groups is 1. The highest BCUT2D eigenvalue weighted by Gasteiger charge is 2.10. The van der Waals surface area contributed by atoms with Gasteiger partial charge in [-0.3, -0.25) is 4.90 Å². The monoisotopic (exact) mass is 551 g/mol. The zero-order valence-electron chi connectivity index (χ0n) is 23.3. The number of aryl methyl sites for hydroxylation is 2. The van der Waals surface area contributed by atoms with Crippen molar-refractivity contribution in [2.24, 2.45) is 0 Å². The molecule has 41 heavy (non-hydrogen) atoms. The van der Waals surface area contributed by atoms with Crippen LogP contribution < -0.4 is 9.47 Å². The Balaban J connectivity index is 1.34. The van der Waals surface area contributed by atoms with Gasteiger partial charge in [-0.2, -0.15) is 0 Å². The van der Waals surface area contributed by atoms with Crippen LogP contribution in [0.1, 0.15) is 28.0 Å². The van der Waals surface area contributed by atoms with Crippen molar-refractivity contribution in [2.45, 2.75) is 13.8 Å². The Morgan fingerprint density at radius 1 is 0.976 bits per heavy atom. The fourth-order valence-electron chi connectivity index (χ4n) is 4.73. The van der Waals surface area contributed by atoms with Crippen LogP contribution >= 0.6 is 0 Å². The Morgan fingerprint density at radius 2 is 1.76 bits per heavy atom. The van der Waals surface area contributed by atoms with Gasteiger partial charge in [0.1, 0.15) is 29.4 Å². The molecule has 3 aromatic carbocycles. The molecule has 5 rings (SSSR count). The minimum atomic E-state index is -1.01. The summed E-state index contributed by atoms with van der Waals surface area (Å²) in [5.41, 5.74) is 5.78. The second kappa shape index (κ2) is 13.2. The van der Waals surface area contributed by atoms with Gasteiger partial charge in [-0.15, -0.1) is 0 Å². The standard InChI is InChI=1S/C34H33NO6/c1-24-20-30(10-12-32(24)40-23-34(36)37)39-17-13-31(28-9-11-33-29(22-28)21-25(2)41-33)27-7-5-26(6-8-27)4-3-14-35-15-18-38-19-16-35/h5-13,20-22H,14-19,23H2,1-2H3,(H,36,37)/b31-13-. The number of hydrogen-bond acceptors (Lipinski definition) is 6. The van der Waals surface area contributed by atoms with E-state index in [0.717, 1.165) is 77.4 Å². The average molecular weight is 552 g/mol. The molecule has 7 nitrogen and oxygen atoms in total. The van der Waals surface area contributed by atoms with Crippen molar-refractivity contribution in [3.05, 3.63) is 101 Å². The Bertz CT molecular complexity index is 1600. The molecule has 0 atom stereocenters. The van der Waals surface area contributed by atoms with E-state index in [2.05, 4.69) is 59.2 Å². The molecule has 7 heteroatoms. The molecule has 1 fully saturated rings. The SMILES string of the molecule is Cc1cc2cc(/C(=C\COc3ccc(OCC(=O)O)c(C)c3)c3ccc(C#CCN4CCOCC4)cc3)ccc2o1. The van der Waals surface area contributed by atoms with Crippen LogP contribution in [0.2, 0.25) is 0 Å². The third-order valence-corrected chi connectivity index (χ3v) is 6.82. The molecule has 1 saturated heterocycles. The number of fused-ring (bicyclic) bond motifs is 1. The lowest BCUT2D eigenvalue weighted by molar-refractivity contribution is -0.139. The largest absolute Gasteiger partial charge is 0.489 e. The molecule has 0 unspecified atom stereocenters. The first-order valence-electron chi connectivity index (χ1n) is 13.6. The maximum absolute atomic E-state index is 10.8. The number of nitrogens with zero attached hydrogens (tertiary/aromatic N) is 1. The number of rotatable bonds is 9. The first-order chi connectivity index (χ1) is 19.9. The molecule has 1 N–H and O–H groups in total. The number of benzene rings is 3. The summed E-state index contributed by atoms with van der Waals surface area (Å²) in [6, 6.07) is 21.9. The summed E-state index contributed by atoms with van der Waals surface area (Å²) in [5.74, 6) is 7.62. The lowest BCUT2D eigenvalue weighted by atomic mass is 9.96. The number of aliphatic carboxylic acids is 1. The van der Waals surface area contributed by atoms with E-state index < -0.39 is 5.97 Å². The minimum Gasteiger partial charge on any atom is -0.489 e. The van der Waals surface area contributed by atoms with Gasteiger partial charge in [-0.25, -0.2) is 4.79 Å². The molecule has 0 bridgehead atoms. The van der Waals surface area contributed by atoms with Crippen LogP contribution in [0.25, 0.3) is 16.5 Å². The summed E-state index contributed by atoms with van der Waals surface area (Å²) in [7, 11) is 0. The molecule has 0 radical (unpaired) electrons. The zero-order chi connectivity index (χ0) is 28.6. The van der Waals surface area contributed by atoms with E-state index in [-0.39, 0.29) is 6.61 Å². The van der Waals surface area contributed by atoms with Gasteiger partial charge in [-0.1, -0.05) is 30.0 Å². The molecular formula is C34H33NO6. The van der Waals surface area contributed by atoms with Crippen molar-refractivity contribution in [1.29, 1.82) is 0 Å². The second-order valence-corrected chi connectivity index (χ2v) is 9.92. The van der Waals surface area contributed by atoms with Gasteiger partial charge in [-0.05, 0) is 90.7 Å². The quantitative estimate of drug-likeness (QED) is 0.267. The number of carboxylic acids is 1. The average Bonchev–Trinajstić information content (AvgIpc) is 3.35. The van der Waals surface area contributed by atoms with Crippen LogP contribution in [0.4, 0.5) is 0 Å². The van der Waals surface area contributed by atoms with Crippen molar-refractivity contribution in [1.82, 2.24) is 4.90 Å². The summed E-state index contributed by atoms with van der Waals surface area (Å²) < 4.78 is 22.6. The van der Waals surface area contributed by atoms with E-state index in [1.807, 2.05) is 32.0 Å². The summed E-state index contributed by atoms with van der Waals surface area (Å²) in [5, 5.41) is 9.91. The van der Waals surface area contributed by atoms with E-state index in [1.165, 1.54) is 0 Å². The van der Waals surface area contributed by atoms with Gasteiger partial charge in [0.25, 0.3) is 0 Å². The van der Waals surface area contributed by atoms with Gasteiger partial charge in [0.15, 0.2) is 6.61 Å². The molecule has 0 saturated carbocycles. The summed E-state index contributed by atoms with van der Waals surface area (Å²) in [4.78, 5) is 13.1. The molecule has 4 aromatic rings. The molecule has 0 amide bonds. The number of furan rings is 1. The van der Waals surface area contributed by atoms with Crippen LogP contribution in [0.15, 0.2) is 77.2 Å². The molecule has 0 aliphatic carbocycles. The van der Waals surface area contributed by atoms with E-state index in [4.69, 9.17) is 23.7 Å². The van der Waals surface area contributed by atoms with Gasteiger partial charge in [0.2, 0.25) is 0 Å².